The topological polar surface area (TPSA) is 0 Å². The van der Waals surface area contributed by atoms with Gasteiger partial charge in [0.25, 0.3) is 0 Å². The zero-order valence-electron chi connectivity index (χ0n) is 7.33. The summed E-state index contributed by atoms with van der Waals surface area (Å²) >= 11 is 10.8. The van der Waals surface area contributed by atoms with Gasteiger partial charge in [-0.1, -0.05) is 43.5 Å². The van der Waals surface area contributed by atoms with Gasteiger partial charge in [0.2, 0.25) is 0 Å². The Morgan fingerprint density at radius 1 is 1.58 bits per heavy atom. The van der Waals surface area contributed by atoms with Crippen LogP contribution in [0.4, 0.5) is 4.39 Å². The van der Waals surface area contributed by atoms with Crippen molar-refractivity contribution in [2.45, 2.75) is 33.1 Å². The van der Waals surface area contributed by atoms with Crippen LogP contribution >= 0.6 is 23.2 Å². The molecule has 1 rings (SSSR count). The largest absolute Gasteiger partial charge is 0.209 e. The predicted octanol–water partition coefficient (Wildman–Crippen LogP) is 4.43. The van der Waals surface area contributed by atoms with Crippen LogP contribution in [0.15, 0.2) is 10.3 Å². The van der Waals surface area contributed by atoms with Gasteiger partial charge in [-0.2, -0.15) is 0 Å². The molecule has 0 amide bonds. The van der Waals surface area contributed by atoms with E-state index in [9.17, 15) is 4.39 Å². The summed E-state index contributed by atoms with van der Waals surface area (Å²) in [6.45, 7) is 4.15. The first-order valence-corrected chi connectivity index (χ1v) is 4.97. The minimum Gasteiger partial charge on any atom is -0.209 e. The van der Waals surface area contributed by atoms with E-state index in [0.717, 1.165) is 19.3 Å². The second-order valence-corrected chi connectivity index (χ2v) is 4.66. The molecular weight excluding hydrogens is 198 g/mol. The Hall–Kier alpha value is 0.250. The van der Waals surface area contributed by atoms with Gasteiger partial charge in [0.05, 0.1) is 0 Å². The number of allylic oxidation sites excluding steroid dienone is 1. The van der Waals surface area contributed by atoms with E-state index in [-0.39, 0.29) is 21.7 Å². The van der Waals surface area contributed by atoms with Crippen molar-refractivity contribution in [3.05, 3.63) is 10.3 Å². The third-order valence-electron chi connectivity index (χ3n) is 3.14. The highest BCUT2D eigenvalue weighted by atomic mass is 35.5. The lowest BCUT2D eigenvalue weighted by atomic mass is 9.59. The highest BCUT2D eigenvalue weighted by Gasteiger charge is 2.44. The van der Waals surface area contributed by atoms with Gasteiger partial charge in [0.15, 0.2) is 0 Å². The minimum atomic E-state index is -0.325. The first-order valence-electron chi connectivity index (χ1n) is 4.22. The van der Waals surface area contributed by atoms with Gasteiger partial charge >= 0.3 is 0 Å². The molecule has 0 aromatic rings. The van der Waals surface area contributed by atoms with Crippen LogP contribution in [0, 0.1) is 11.3 Å². The van der Waals surface area contributed by atoms with Gasteiger partial charge in [-0.05, 0) is 18.3 Å². The summed E-state index contributed by atoms with van der Waals surface area (Å²) in [7, 11) is 0. The minimum absolute atomic E-state index is 0.0486. The molecule has 70 valence electrons. The van der Waals surface area contributed by atoms with Crippen LogP contribution in [0.1, 0.15) is 33.1 Å². The monoisotopic (exact) mass is 210 g/mol. The number of halogens is 3. The molecule has 0 spiro atoms. The molecule has 0 aromatic heterocycles. The molecule has 0 aromatic carbocycles. The third kappa shape index (κ3) is 1.62. The molecule has 0 saturated heterocycles. The van der Waals surface area contributed by atoms with Crippen LogP contribution in [-0.2, 0) is 0 Å². The fraction of sp³-hybridized carbons (Fsp3) is 0.778. The Labute approximate surface area is 82.7 Å². The van der Waals surface area contributed by atoms with E-state index in [1.54, 1.807) is 0 Å². The fourth-order valence-corrected chi connectivity index (χ4v) is 2.03. The molecule has 1 aliphatic carbocycles. The summed E-state index contributed by atoms with van der Waals surface area (Å²) < 4.78 is 13.1. The van der Waals surface area contributed by atoms with Gasteiger partial charge in [-0.15, -0.1) is 0 Å². The number of hydrogen-bond acceptors (Lipinski definition) is 0. The molecule has 0 aliphatic heterocycles. The van der Waals surface area contributed by atoms with Crippen LogP contribution in [0.2, 0.25) is 0 Å². The zero-order chi connectivity index (χ0) is 9.35. The molecule has 0 bridgehead atoms. The highest BCUT2D eigenvalue weighted by Crippen LogP contribution is 2.53. The van der Waals surface area contributed by atoms with Crippen molar-refractivity contribution in [1.29, 1.82) is 0 Å². The van der Waals surface area contributed by atoms with E-state index in [4.69, 9.17) is 23.2 Å². The second kappa shape index (κ2) is 3.55. The van der Waals surface area contributed by atoms with Gasteiger partial charge in [0.1, 0.15) is 10.3 Å². The Balaban J connectivity index is 2.73. The van der Waals surface area contributed by atoms with E-state index in [1.165, 1.54) is 0 Å². The maximum Gasteiger partial charge on any atom is 0.138 e. The lowest BCUT2D eigenvalue weighted by molar-refractivity contribution is 0.0576. The molecule has 1 saturated carbocycles. The summed E-state index contributed by atoms with van der Waals surface area (Å²) in [5.41, 5.74) is 0.0825. The molecule has 0 radical (unpaired) electrons. The van der Waals surface area contributed by atoms with Crippen molar-refractivity contribution in [1.82, 2.24) is 0 Å². The molecule has 3 heteroatoms. The number of rotatable bonds is 2. The van der Waals surface area contributed by atoms with Crippen molar-refractivity contribution in [2.75, 3.05) is 0 Å². The van der Waals surface area contributed by atoms with Crippen LogP contribution in [-0.4, -0.2) is 0 Å². The maximum absolute atomic E-state index is 13.3. The second-order valence-electron chi connectivity index (χ2n) is 3.71. The van der Waals surface area contributed by atoms with Crippen molar-refractivity contribution in [3.8, 4) is 0 Å². The predicted molar refractivity (Wildman–Crippen MR) is 51.0 cm³/mol. The molecule has 0 nitrogen and oxygen atoms in total. The molecule has 2 unspecified atom stereocenters. The van der Waals surface area contributed by atoms with Crippen LogP contribution < -0.4 is 0 Å². The highest BCUT2D eigenvalue weighted by molar-refractivity contribution is 6.56. The summed E-state index contributed by atoms with van der Waals surface area (Å²) in [6.07, 6.45) is 2.92. The number of hydrogen-bond donors (Lipinski definition) is 0. The zero-order valence-corrected chi connectivity index (χ0v) is 8.84. The Morgan fingerprint density at radius 3 is 2.42 bits per heavy atom. The van der Waals surface area contributed by atoms with Crippen LogP contribution in [0.5, 0.6) is 0 Å². The Bertz CT molecular complexity index is 205. The van der Waals surface area contributed by atoms with Crippen LogP contribution in [0.25, 0.3) is 0 Å². The summed E-state index contributed by atoms with van der Waals surface area (Å²) in [6, 6.07) is 0. The SMILES string of the molecule is CCC1(C)CCC1C(F)=C(Cl)Cl. The standard InChI is InChI=1S/C9H13Cl2F/c1-3-9(2)5-4-6(9)7(12)8(10)11/h6H,3-5H2,1-2H3. The molecule has 2 atom stereocenters. The molecule has 12 heavy (non-hydrogen) atoms. The first kappa shape index (κ1) is 10.3. The van der Waals surface area contributed by atoms with Gasteiger partial charge in [0, 0.05) is 5.92 Å². The summed E-state index contributed by atoms with van der Waals surface area (Å²) in [5.74, 6) is -0.374. The average Bonchev–Trinajstić information content (AvgIpc) is 2.01. The fourth-order valence-electron chi connectivity index (χ4n) is 1.77. The lowest BCUT2D eigenvalue weighted by Crippen LogP contribution is -2.37. The first-order chi connectivity index (χ1) is 5.51. The van der Waals surface area contributed by atoms with Gasteiger partial charge in [-0.3, -0.25) is 0 Å². The average molecular weight is 211 g/mol. The molecule has 0 N–H and O–H groups in total. The molecular formula is C9H13Cl2F. The maximum atomic E-state index is 13.3. The van der Waals surface area contributed by atoms with Crippen molar-refractivity contribution in [3.63, 3.8) is 0 Å². The lowest BCUT2D eigenvalue weighted by Gasteiger charge is -2.46. The van der Waals surface area contributed by atoms with Crippen molar-refractivity contribution >= 4 is 23.2 Å². The van der Waals surface area contributed by atoms with Crippen molar-refractivity contribution in [2.24, 2.45) is 11.3 Å². The van der Waals surface area contributed by atoms with Gasteiger partial charge < -0.3 is 0 Å². The Morgan fingerprint density at radius 2 is 2.17 bits per heavy atom. The molecule has 0 heterocycles. The summed E-state index contributed by atoms with van der Waals surface area (Å²) in [5, 5.41) is 0. The summed E-state index contributed by atoms with van der Waals surface area (Å²) in [4.78, 5) is 0. The normalized spacial score (nSPS) is 34.2. The van der Waals surface area contributed by atoms with E-state index < -0.39 is 0 Å². The Kier molecular flexibility index (Phi) is 3.06. The van der Waals surface area contributed by atoms with E-state index in [2.05, 4.69) is 13.8 Å². The molecule has 1 aliphatic rings. The molecule has 1 fully saturated rings. The van der Waals surface area contributed by atoms with Crippen LogP contribution in [0.3, 0.4) is 0 Å². The smallest absolute Gasteiger partial charge is 0.138 e. The quantitative estimate of drug-likeness (QED) is 0.633. The van der Waals surface area contributed by atoms with Crippen molar-refractivity contribution < 1.29 is 4.39 Å². The van der Waals surface area contributed by atoms with E-state index in [0.29, 0.717) is 0 Å². The van der Waals surface area contributed by atoms with E-state index in [1.807, 2.05) is 0 Å². The third-order valence-corrected chi connectivity index (χ3v) is 3.50. The van der Waals surface area contributed by atoms with E-state index >= 15 is 0 Å². The van der Waals surface area contributed by atoms with Gasteiger partial charge in [-0.25, -0.2) is 4.39 Å².